The first-order valence-corrected chi connectivity index (χ1v) is 4.75. The molecule has 0 atom stereocenters. The summed E-state index contributed by atoms with van der Waals surface area (Å²) in [7, 11) is 6.60. The minimum atomic E-state index is -0.333. The second-order valence-corrected chi connectivity index (χ2v) is 4.39. The number of quaternary nitrogens is 1. The highest BCUT2D eigenvalue weighted by molar-refractivity contribution is 5.71. The molecule has 1 aromatic rings. The molecule has 5 heteroatoms. The van der Waals surface area contributed by atoms with E-state index >= 15 is 0 Å². The average molecular weight is 226 g/mol. The maximum Gasteiger partial charge on any atom is 0.183 e. The van der Waals surface area contributed by atoms with Gasteiger partial charge in [0, 0.05) is 5.56 Å². The second kappa shape index (κ2) is 7.67. The van der Waals surface area contributed by atoms with Gasteiger partial charge in [0.1, 0.15) is 6.54 Å². The first-order valence-electron chi connectivity index (χ1n) is 4.75. The molecule has 0 fully saturated rings. The maximum atomic E-state index is 6.06. The monoisotopic (exact) mass is 226 g/mol. The van der Waals surface area contributed by atoms with E-state index in [9.17, 15) is 0 Å². The lowest BCUT2D eigenvalue weighted by atomic mass is 10.2. The maximum absolute atomic E-state index is 6.06. The van der Waals surface area contributed by atoms with Crippen LogP contribution in [0.25, 0.3) is 0 Å². The van der Waals surface area contributed by atoms with Crippen molar-refractivity contribution in [1.29, 1.82) is 5.41 Å². The minimum Gasteiger partial charge on any atom is -0.870 e. The Morgan fingerprint density at radius 2 is 1.50 bits per heavy atom. The normalized spacial score (nSPS) is 9.44. The van der Waals surface area contributed by atoms with E-state index in [0.717, 1.165) is 11.0 Å². The molecular formula is C11H22N4O. The molecule has 0 heterocycles. The van der Waals surface area contributed by atoms with Crippen LogP contribution >= 0.6 is 0 Å². The summed E-state index contributed by atoms with van der Waals surface area (Å²) in [5, 5.41) is 6.06. The Kier molecular flexibility index (Phi) is 8.07. The van der Waals surface area contributed by atoms with Gasteiger partial charge in [0.25, 0.3) is 0 Å². The predicted octanol–water partition coefficient (Wildman–Crippen LogP) is 0.555. The fourth-order valence-corrected chi connectivity index (χ4v) is 1.13. The minimum absolute atomic E-state index is 0. The van der Waals surface area contributed by atoms with E-state index in [0.29, 0.717) is 0 Å². The summed E-state index contributed by atoms with van der Waals surface area (Å²) >= 11 is 0. The van der Waals surface area contributed by atoms with Crippen LogP contribution in [0.2, 0.25) is 0 Å². The molecule has 6 N–H and O–H groups in total. The van der Waals surface area contributed by atoms with Crippen molar-refractivity contribution in [1.82, 2.24) is 0 Å². The number of benzene rings is 1. The van der Waals surface area contributed by atoms with Crippen LogP contribution in [0.1, 0.15) is 5.56 Å². The molecule has 0 aliphatic heterocycles. The molecule has 1 aromatic carbocycles. The molecule has 16 heavy (non-hydrogen) atoms. The average Bonchev–Trinajstić information content (AvgIpc) is 2.01. The molecule has 1 rings (SSSR count). The van der Waals surface area contributed by atoms with Gasteiger partial charge in [-0.15, -0.1) is 0 Å². The van der Waals surface area contributed by atoms with Crippen LogP contribution in [0.4, 0.5) is 0 Å². The Morgan fingerprint density at radius 3 is 1.81 bits per heavy atom. The number of nitrogens with one attached hydrogen (secondary N) is 1. The van der Waals surface area contributed by atoms with Gasteiger partial charge < -0.3 is 21.4 Å². The molecular weight excluding hydrogens is 204 g/mol. The lowest BCUT2D eigenvalue weighted by Crippen LogP contribution is -2.33. The molecule has 0 radical (unpaired) electrons. The van der Waals surface area contributed by atoms with E-state index in [4.69, 9.17) is 5.41 Å². The van der Waals surface area contributed by atoms with E-state index in [2.05, 4.69) is 62.9 Å². The molecule has 0 aliphatic carbocycles. The third-order valence-electron chi connectivity index (χ3n) is 1.50. The van der Waals surface area contributed by atoms with Gasteiger partial charge in [-0.2, -0.15) is 0 Å². The Labute approximate surface area is 97.1 Å². The molecule has 0 amide bonds. The van der Waals surface area contributed by atoms with Crippen LogP contribution in [0.3, 0.4) is 0 Å². The predicted molar refractivity (Wildman–Crippen MR) is 66.2 cm³/mol. The lowest BCUT2D eigenvalue weighted by molar-refractivity contribution is -0.884. The molecule has 0 spiro atoms. The number of rotatable bonds is 2. The topological polar surface area (TPSA) is 106 Å². The molecule has 0 aliphatic rings. The van der Waals surface area contributed by atoms with E-state index in [1.165, 1.54) is 5.56 Å². The van der Waals surface area contributed by atoms with E-state index in [1.54, 1.807) is 0 Å². The molecule has 92 valence electrons. The standard InChI is InChI=1S/C10H16N.CH5N3.H2O/c1-11(2,3)9-10-7-5-4-6-8-10;2-1(3)4;/h4-8H,9H2,1-3H3;(H5,2,3,4);1H2/q+1;;/p-1. The zero-order valence-corrected chi connectivity index (χ0v) is 10.1. The highest BCUT2D eigenvalue weighted by Crippen LogP contribution is 2.04. The van der Waals surface area contributed by atoms with Gasteiger partial charge in [0.05, 0.1) is 21.1 Å². The largest absolute Gasteiger partial charge is 0.870 e. The number of guanidine groups is 1. The van der Waals surface area contributed by atoms with Crippen molar-refractivity contribution >= 4 is 5.96 Å². The Bertz CT molecular complexity index is 289. The number of nitrogens with two attached hydrogens (primary N) is 2. The van der Waals surface area contributed by atoms with Crippen LogP contribution in [-0.2, 0) is 6.54 Å². The van der Waals surface area contributed by atoms with E-state index in [-0.39, 0.29) is 11.4 Å². The quantitative estimate of drug-likeness (QED) is 0.389. The van der Waals surface area contributed by atoms with Crippen molar-refractivity contribution in [3.8, 4) is 0 Å². The summed E-state index contributed by atoms with van der Waals surface area (Å²) in [4.78, 5) is 0. The summed E-state index contributed by atoms with van der Waals surface area (Å²) in [5.41, 5.74) is 10.3. The van der Waals surface area contributed by atoms with Crippen molar-refractivity contribution in [3.63, 3.8) is 0 Å². The van der Waals surface area contributed by atoms with Gasteiger partial charge in [-0.1, -0.05) is 30.3 Å². The fourth-order valence-electron chi connectivity index (χ4n) is 1.13. The van der Waals surface area contributed by atoms with Gasteiger partial charge in [0.2, 0.25) is 0 Å². The van der Waals surface area contributed by atoms with E-state index < -0.39 is 0 Å². The molecule has 0 bridgehead atoms. The van der Waals surface area contributed by atoms with Crippen LogP contribution in [0, 0.1) is 5.41 Å². The zero-order chi connectivity index (χ0) is 11.9. The molecule has 0 saturated carbocycles. The summed E-state index contributed by atoms with van der Waals surface area (Å²) in [6.07, 6.45) is 0. The van der Waals surface area contributed by atoms with Crippen molar-refractivity contribution < 1.29 is 9.96 Å². The van der Waals surface area contributed by atoms with Gasteiger partial charge >= 0.3 is 0 Å². The zero-order valence-electron chi connectivity index (χ0n) is 10.1. The summed E-state index contributed by atoms with van der Waals surface area (Å²) in [6.45, 7) is 1.10. The number of hydrogen-bond donors (Lipinski definition) is 3. The Balaban J connectivity index is 0. The lowest BCUT2D eigenvalue weighted by Gasteiger charge is -2.23. The highest BCUT2D eigenvalue weighted by Gasteiger charge is 2.06. The van der Waals surface area contributed by atoms with Crippen molar-refractivity contribution in [2.75, 3.05) is 21.1 Å². The van der Waals surface area contributed by atoms with Gasteiger partial charge in [-0.05, 0) is 0 Å². The third kappa shape index (κ3) is 12.4. The van der Waals surface area contributed by atoms with Gasteiger partial charge in [-0.25, -0.2) is 0 Å². The van der Waals surface area contributed by atoms with Crippen LogP contribution in [0.5, 0.6) is 0 Å². The fraction of sp³-hybridized carbons (Fsp3) is 0.364. The Morgan fingerprint density at radius 1 is 1.12 bits per heavy atom. The summed E-state index contributed by atoms with van der Waals surface area (Å²) < 4.78 is 0.990. The van der Waals surface area contributed by atoms with Crippen molar-refractivity contribution in [3.05, 3.63) is 35.9 Å². The summed E-state index contributed by atoms with van der Waals surface area (Å²) in [5.74, 6) is -0.333. The smallest absolute Gasteiger partial charge is 0.183 e. The first-order chi connectivity index (χ1) is 6.81. The Hall–Kier alpha value is -1.59. The van der Waals surface area contributed by atoms with Crippen LogP contribution in [-0.4, -0.2) is 37.1 Å². The molecule has 0 unspecified atom stereocenters. The van der Waals surface area contributed by atoms with Crippen molar-refractivity contribution in [2.45, 2.75) is 6.54 Å². The van der Waals surface area contributed by atoms with Crippen LogP contribution in [0.15, 0.2) is 30.3 Å². The molecule has 0 aromatic heterocycles. The van der Waals surface area contributed by atoms with Crippen molar-refractivity contribution in [2.24, 2.45) is 11.5 Å². The first kappa shape index (κ1) is 16.8. The van der Waals surface area contributed by atoms with Gasteiger partial charge in [0.15, 0.2) is 5.96 Å². The third-order valence-corrected chi connectivity index (χ3v) is 1.50. The molecule has 0 saturated heterocycles. The highest BCUT2D eigenvalue weighted by atomic mass is 16.0. The van der Waals surface area contributed by atoms with Gasteiger partial charge in [-0.3, -0.25) is 5.41 Å². The molecule has 5 nitrogen and oxygen atoms in total. The number of nitrogens with zero attached hydrogens (tertiary/aromatic N) is 1. The second-order valence-electron chi connectivity index (χ2n) is 4.39. The van der Waals surface area contributed by atoms with E-state index in [1.807, 2.05) is 0 Å². The van der Waals surface area contributed by atoms with Crippen LogP contribution < -0.4 is 11.5 Å². The SMILES string of the molecule is C[N+](C)(C)Cc1ccccc1.N=C(N)N.[OH-]. The number of hydrogen-bond acceptors (Lipinski definition) is 2. The summed E-state index contributed by atoms with van der Waals surface area (Å²) in [6, 6.07) is 10.6.